The summed E-state index contributed by atoms with van der Waals surface area (Å²) in [6.07, 6.45) is -0.0883. The number of phenolic OH excluding ortho intramolecular Hbond substituents is 1. The summed E-state index contributed by atoms with van der Waals surface area (Å²) in [5.74, 6) is -0.146. The van der Waals surface area contributed by atoms with Crippen molar-refractivity contribution < 1.29 is 19.1 Å². The Morgan fingerprint density at radius 3 is 2.62 bits per heavy atom. The quantitative estimate of drug-likeness (QED) is 0.694. The number of ketones is 1. The molecule has 1 N–H and O–H groups in total. The Bertz CT molecular complexity index is 1020. The van der Waals surface area contributed by atoms with Crippen LogP contribution in [0.3, 0.4) is 0 Å². The van der Waals surface area contributed by atoms with E-state index < -0.39 is 5.63 Å². The lowest BCUT2D eigenvalue weighted by molar-refractivity contribution is 0.0867. The predicted molar refractivity (Wildman–Crippen MR) is 88.6 cm³/mol. The minimum Gasteiger partial charge on any atom is -0.506 e. The topological polar surface area (TPSA) is 76.7 Å². The van der Waals surface area contributed by atoms with Gasteiger partial charge < -0.3 is 14.3 Å². The third-order valence-electron chi connectivity index (χ3n) is 4.14. The number of aromatic hydroxyl groups is 1. The molecule has 0 saturated carbocycles. The molecule has 5 heteroatoms. The molecule has 1 aromatic heterocycles. The molecule has 5 nitrogen and oxygen atoms in total. The van der Waals surface area contributed by atoms with E-state index in [1.54, 1.807) is 6.92 Å². The van der Waals surface area contributed by atoms with E-state index >= 15 is 0 Å². The standard InChI is InChI=1S/C19H14O5/c1-10-7-13(20)18-15(23-10)9-14-17(19(18)22)12(8-16(21)24-14)11-5-3-2-4-6-11/h2-6,8-10,22H,7H2,1H3. The first-order chi connectivity index (χ1) is 11.5. The van der Waals surface area contributed by atoms with Crippen molar-refractivity contribution in [1.29, 1.82) is 0 Å². The maximum atomic E-state index is 12.3. The highest BCUT2D eigenvalue weighted by Crippen LogP contribution is 2.43. The van der Waals surface area contributed by atoms with Crippen LogP contribution in [0.2, 0.25) is 0 Å². The third kappa shape index (κ3) is 2.17. The summed E-state index contributed by atoms with van der Waals surface area (Å²) in [6.45, 7) is 1.78. The third-order valence-corrected chi connectivity index (χ3v) is 4.14. The van der Waals surface area contributed by atoms with Crippen molar-refractivity contribution >= 4 is 16.8 Å². The number of ether oxygens (including phenoxy) is 1. The van der Waals surface area contributed by atoms with Gasteiger partial charge in [0.05, 0.1) is 5.39 Å². The molecule has 2 aromatic carbocycles. The normalized spacial score (nSPS) is 16.7. The molecular formula is C19H14O5. The van der Waals surface area contributed by atoms with E-state index in [-0.39, 0.29) is 41.0 Å². The van der Waals surface area contributed by atoms with Gasteiger partial charge in [0, 0.05) is 24.1 Å². The minimum absolute atomic E-state index is 0.145. The number of hydrogen-bond acceptors (Lipinski definition) is 5. The first kappa shape index (κ1) is 14.5. The number of carbonyl (C=O) groups excluding carboxylic acids is 1. The number of phenols is 1. The summed E-state index contributed by atoms with van der Waals surface area (Å²) in [5.41, 5.74) is 1.08. The van der Waals surface area contributed by atoms with Crippen molar-refractivity contribution in [3.63, 3.8) is 0 Å². The molecule has 0 fully saturated rings. The highest BCUT2D eigenvalue weighted by atomic mass is 16.5. The fraction of sp³-hybridized carbons (Fsp3) is 0.158. The molecule has 0 amide bonds. The number of fused-ring (bicyclic) bond motifs is 2. The lowest BCUT2D eigenvalue weighted by atomic mass is 9.94. The molecule has 0 aliphatic carbocycles. The average Bonchev–Trinajstić information content (AvgIpc) is 2.53. The highest BCUT2D eigenvalue weighted by Gasteiger charge is 2.30. The predicted octanol–water partition coefficient (Wildman–Crippen LogP) is 3.52. The molecule has 0 saturated heterocycles. The molecule has 1 aliphatic rings. The zero-order valence-corrected chi connectivity index (χ0v) is 12.9. The van der Waals surface area contributed by atoms with Crippen LogP contribution in [0.25, 0.3) is 22.1 Å². The maximum absolute atomic E-state index is 12.3. The average molecular weight is 322 g/mol. The molecule has 24 heavy (non-hydrogen) atoms. The van der Waals surface area contributed by atoms with Gasteiger partial charge in [-0.15, -0.1) is 0 Å². The SMILES string of the molecule is CC1CC(=O)c2c(cc3oc(=O)cc(-c4ccccc4)c3c2O)O1. The molecule has 0 radical (unpaired) electrons. The first-order valence-corrected chi connectivity index (χ1v) is 7.63. The van der Waals surface area contributed by atoms with Gasteiger partial charge in [-0.1, -0.05) is 30.3 Å². The number of hydrogen-bond donors (Lipinski definition) is 1. The van der Waals surface area contributed by atoms with Gasteiger partial charge in [0.2, 0.25) is 0 Å². The number of benzene rings is 2. The molecule has 0 bridgehead atoms. The number of carbonyl (C=O) groups is 1. The smallest absolute Gasteiger partial charge is 0.336 e. The van der Waals surface area contributed by atoms with Crippen LogP contribution in [-0.4, -0.2) is 17.0 Å². The molecular weight excluding hydrogens is 308 g/mol. The maximum Gasteiger partial charge on any atom is 0.336 e. The minimum atomic E-state index is -0.532. The van der Waals surface area contributed by atoms with Gasteiger partial charge in [-0.2, -0.15) is 0 Å². The van der Waals surface area contributed by atoms with E-state index in [1.807, 2.05) is 30.3 Å². The molecule has 1 atom stereocenters. The van der Waals surface area contributed by atoms with E-state index in [2.05, 4.69) is 0 Å². The van der Waals surface area contributed by atoms with Crippen molar-refractivity contribution in [2.45, 2.75) is 19.4 Å². The Morgan fingerprint density at radius 2 is 1.88 bits per heavy atom. The van der Waals surface area contributed by atoms with Gasteiger partial charge in [-0.3, -0.25) is 4.79 Å². The Morgan fingerprint density at radius 1 is 1.12 bits per heavy atom. The summed E-state index contributed by atoms with van der Waals surface area (Å²) in [4.78, 5) is 24.3. The highest BCUT2D eigenvalue weighted by molar-refractivity contribution is 6.10. The van der Waals surface area contributed by atoms with E-state index in [0.717, 1.165) is 5.56 Å². The second kappa shape index (κ2) is 5.23. The van der Waals surface area contributed by atoms with E-state index in [4.69, 9.17) is 9.15 Å². The van der Waals surface area contributed by atoms with Crippen LogP contribution in [-0.2, 0) is 0 Å². The second-order valence-corrected chi connectivity index (χ2v) is 5.87. The van der Waals surface area contributed by atoms with Crippen LogP contribution >= 0.6 is 0 Å². The summed E-state index contributed by atoms with van der Waals surface area (Å²) in [5, 5.41) is 11.1. The molecule has 4 rings (SSSR count). The largest absolute Gasteiger partial charge is 0.506 e. The van der Waals surface area contributed by atoms with Crippen molar-refractivity contribution in [2.24, 2.45) is 0 Å². The molecule has 1 unspecified atom stereocenters. The summed E-state index contributed by atoms with van der Waals surface area (Å²) in [6, 6.07) is 12.0. The lowest BCUT2D eigenvalue weighted by Crippen LogP contribution is -2.24. The Balaban J connectivity index is 2.11. The zero-order valence-electron chi connectivity index (χ0n) is 12.9. The van der Waals surface area contributed by atoms with Crippen LogP contribution in [0.4, 0.5) is 0 Å². The van der Waals surface area contributed by atoms with Gasteiger partial charge in [0.15, 0.2) is 5.78 Å². The number of Topliss-reactive ketones (excluding diaryl/α,β-unsaturated/α-hetero) is 1. The summed E-state index contributed by atoms with van der Waals surface area (Å²) in [7, 11) is 0. The van der Waals surface area contributed by atoms with Gasteiger partial charge >= 0.3 is 5.63 Å². The van der Waals surface area contributed by atoms with Gasteiger partial charge in [0.25, 0.3) is 0 Å². The van der Waals surface area contributed by atoms with Crippen LogP contribution in [0.1, 0.15) is 23.7 Å². The Kier molecular flexibility index (Phi) is 3.16. The fourth-order valence-corrected chi connectivity index (χ4v) is 3.12. The molecule has 0 spiro atoms. The summed E-state index contributed by atoms with van der Waals surface area (Å²) < 4.78 is 10.9. The Hall–Kier alpha value is -3.08. The van der Waals surface area contributed by atoms with Crippen LogP contribution in [0.5, 0.6) is 11.5 Å². The van der Waals surface area contributed by atoms with E-state index in [9.17, 15) is 14.7 Å². The Labute approximate surface area is 137 Å². The molecule has 2 heterocycles. The molecule has 120 valence electrons. The van der Waals surface area contributed by atoms with Gasteiger partial charge in [0.1, 0.15) is 28.7 Å². The van der Waals surface area contributed by atoms with Crippen LogP contribution in [0, 0.1) is 0 Å². The van der Waals surface area contributed by atoms with E-state index in [1.165, 1.54) is 12.1 Å². The van der Waals surface area contributed by atoms with Crippen LogP contribution < -0.4 is 10.4 Å². The van der Waals surface area contributed by atoms with Gasteiger partial charge in [-0.25, -0.2) is 4.79 Å². The zero-order chi connectivity index (χ0) is 16.8. The first-order valence-electron chi connectivity index (χ1n) is 7.63. The second-order valence-electron chi connectivity index (χ2n) is 5.87. The van der Waals surface area contributed by atoms with Crippen molar-refractivity contribution in [3.05, 3.63) is 58.4 Å². The molecule has 3 aromatic rings. The lowest BCUT2D eigenvalue weighted by Gasteiger charge is -2.23. The summed E-state index contributed by atoms with van der Waals surface area (Å²) >= 11 is 0. The fourth-order valence-electron chi connectivity index (χ4n) is 3.12. The van der Waals surface area contributed by atoms with E-state index in [0.29, 0.717) is 10.9 Å². The van der Waals surface area contributed by atoms with Crippen molar-refractivity contribution in [3.8, 4) is 22.6 Å². The van der Waals surface area contributed by atoms with Crippen LogP contribution in [0.15, 0.2) is 51.7 Å². The van der Waals surface area contributed by atoms with Crippen molar-refractivity contribution in [2.75, 3.05) is 0 Å². The molecule has 1 aliphatic heterocycles. The van der Waals surface area contributed by atoms with Crippen molar-refractivity contribution in [1.82, 2.24) is 0 Å². The number of rotatable bonds is 1. The van der Waals surface area contributed by atoms with Gasteiger partial charge in [-0.05, 0) is 12.5 Å². The monoisotopic (exact) mass is 322 g/mol.